The third-order valence-corrected chi connectivity index (χ3v) is 2.87. The van der Waals surface area contributed by atoms with Crippen LogP contribution in [0.4, 0.5) is 0 Å². The van der Waals surface area contributed by atoms with Crippen molar-refractivity contribution in [3.8, 4) is 5.69 Å². The zero-order chi connectivity index (χ0) is 13.5. The number of aromatic nitrogens is 3. The Morgan fingerprint density at radius 2 is 2.05 bits per heavy atom. The number of rotatable bonds is 7. The second-order valence-electron chi connectivity index (χ2n) is 4.18. The van der Waals surface area contributed by atoms with Crippen molar-refractivity contribution in [2.75, 3.05) is 19.8 Å². The van der Waals surface area contributed by atoms with Crippen molar-refractivity contribution in [2.45, 2.75) is 19.9 Å². The molecule has 0 radical (unpaired) electrons. The molecule has 102 valence electrons. The van der Waals surface area contributed by atoms with Gasteiger partial charge in [-0.15, -0.1) is 5.10 Å². The molecule has 5 heteroatoms. The summed E-state index contributed by atoms with van der Waals surface area (Å²) in [5, 5.41) is 11.6. The van der Waals surface area contributed by atoms with E-state index in [1.165, 1.54) is 0 Å². The number of nitrogens with zero attached hydrogens (tertiary/aromatic N) is 3. The maximum Gasteiger partial charge on any atom is 0.0838 e. The lowest BCUT2D eigenvalue weighted by Gasteiger charge is -2.18. The maximum absolute atomic E-state index is 5.53. The number of para-hydroxylation sites is 1. The smallest absolute Gasteiger partial charge is 0.0838 e. The molecule has 0 saturated carbocycles. The van der Waals surface area contributed by atoms with Gasteiger partial charge in [-0.2, -0.15) is 0 Å². The third kappa shape index (κ3) is 3.39. The molecule has 1 atom stereocenters. The minimum Gasteiger partial charge on any atom is -0.380 e. The highest BCUT2D eigenvalue weighted by Gasteiger charge is 2.17. The van der Waals surface area contributed by atoms with Crippen LogP contribution in [0, 0.1) is 0 Å². The monoisotopic (exact) mass is 260 g/mol. The Hall–Kier alpha value is -1.72. The standard InChI is InChI=1S/C14H20N4O/c1-3-15-13(11-19-4-2)14-10-16-17-18(14)12-8-6-5-7-9-12/h5-10,13,15H,3-4,11H2,1-2H3. The normalized spacial score (nSPS) is 12.5. The van der Waals surface area contributed by atoms with E-state index in [0.717, 1.165) is 17.9 Å². The lowest BCUT2D eigenvalue weighted by atomic mass is 10.2. The molecule has 1 aromatic heterocycles. The first-order chi connectivity index (χ1) is 9.36. The van der Waals surface area contributed by atoms with Crippen molar-refractivity contribution in [2.24, 2.45) is 0 Å². The van der Waals surface area contributed by atoms with Gasteiger partial charge in [0.25, 0.3) is 0 Å². The minimum absolute atomic E-state index is 0.0974. The molecule has 0 fully saturated rings. The van der Waals surface area contributed by atoms with Crippen LogP contribution >= 0.6 is 0 Å². The van der Waals surface area contributed by atoms with Gasteiger partial charge in [-0.25, -0.2) is 4.68 Å². The van der Waals surface area contributed by atoms with Crippen molar-refractivity contribution in [1.82, 2.24) is 20.3 Å². The van der Waals surface area contributed by atoms with E-state index in [1.807, 2.05) is 41.9 Å². The van der Waals surface area contributed by atoms with Gasteiger partial charge in [-0.1, -0.05) is 30.3 Å². The summed E-state index contributed by atoms with van der Waals surface area (Å²) < 4.78 is 7.38. The molecule has 0 saturated heterocycles. The zero-order valence-electron chi connectivity index (χ0n) is 11.4. The third-order valence-electron chi connectivity index (χ3n) is 2.87. The Bertz CT molecular complexity index is 483. The summed E-state index contributed by atoms with van der Waals surface area (Å²) in [5.41, 5.74) is 2.02. The average molecular weight is 260 g/mol. The number of hydrogen-bond donors (Lipinski definition) is 1. The topological polar surface area (TPSA) is 52.0 Å². The van der Waals surface area contributed by atoms with Crippen molar-refractivity contribution >= 4 is 0 Å². The van der Waals surface area contributed by atoms with E-state index in [9.17, 15) is 0 Å². The zero-order valence-corrected chi connectivity index (χ0v) is 11.4. The van der Waals surface area contributed by atoms with Gasteiger partial charge in [-0.05, 0) is 25.6 Å². The Balaban J connectivity index is 2.26. The summed E-state index contributed by atoms with van der Waals surface area (Å²) in [6, 6.07) is 10.1. The average Bonchev–Trinajstić information content (AvgIpc) is 2.93. The Morgan fingerprint density at radius 3 is 2.74 bits per heavy atom. The molecule has 2 rings (SSSR count). The van der Waals surface area contributed by atoms with E-state index in [1.54, 1.807) is 6.20 Å². The number of nitrogens with one attached hydrogen (secondary N) is 1. The Morgan fingerprint density at radius 1 is 1.26 bits per heavy atom. The Kier molecular flexibility index (Phi) is 5.06. The summed E-state index contributed by atoms with van der Waals surface area (Å²) in [6.07, 6.45) is 1.79. The SMILES string of the molecule is CCNC(COCC)c1cnnn1-c1ccccc1. The largest absolute Gasteiger partial charge is 0.380 e. The van der Waals surface area contributed by atoms with Crippen LogP contribution < -0.4 is 5.32 Å². The molecule has 1 unspecified atom stereocenters. The van der Waals surface area contributed by atoms with Crippen LogP contribution in [0.2, 0.25) is 0 Å². The molecule has 0 amide bonds. The fourth-order valence-electron chi connectivity index (χ4n) is 1.98. The second-order valence-corrected chi connectivity index (χ2v) is 4.18. The summed E-state index contributed by atoms with van der Waals surface area (Å²) in [4.78, 5) is 0. The molecule has 1 aromatic carbocycles. The first-order valence-electron chi connectivity index (χ1n) is 6.64. The highest BCUT2D eigenvalue weighted by molar-refractivity contribution is 5.32. The minimum atomic E-state index is 0.0974. The van der Waals surface area contributed by atoms with E-state index < -0.39 is 0 Å². The molecule has 0 aliphatic carbocycles. The van der Waals surface area contributed by atoms with E-state index in [2.05, 4.69) is 22.6 Å². The van der Waals surface area contributed by atoms with Gasteiger partial charge >= 0.3 is 0 Å². The highest BCUT2D eigenvalue weighted by atomic mass is 16.5. The molecule has 5 nitrogen and oxygen atoms in total. The van der Waals surface area contributed by atoms with Crippen molar-refractivity contribution in [1.29, 1.82) is 0 Å². The van der Waals surface area contributed by atoms with Gasteiger partial charge in [0, 0.05) is 6.61 Å². The highest BCUT2D eigenvalue weighted by Crippen LogP contribution is 2.16. The molecule has 2 aromatic rings. The number of likely N-dealkylation sites (N-methyl/N-ethyl adjacent to an activating group) is 1. The van der Waals surface area contributed by atoms with E-state index >= 15 is 0 Å². The molecule has 0 bridgehead atoms. The second kappa shape index (κ2) is 7.01. The van der Waals surface area contributed by atoms with Crippen LogP contribution in [0.1, 0.15) is 25.6 Å². The quantitative estimate of drug-likeness (QED) is 0.826. The summed E-state index contributed by atoms with van der Waals surface area (Å²) in [6.45, 7) is 6.27. The molecule has 1 N–H and O–H groups in total. The van der Waals surface area contributed by atoms with Gasteiger partial charge in [0.15, 0.2) is 0 Å². The van der Waals surface area contributed by atoms with Crippen LogP contribution in [-0.2, 0) is 4.74 Å². The molecule has 0 aliphatic rings. The molecular weight excluding hydrogens is 240 g/mol. The van der Waals surface area contributed by atoms with Crippen LogP contribution in [0.15, 0.2) is 36.5 Å². The predicted octanol–water partition coefficient (Wildman–Crippen LogP) is 1.95. The fourth-order valence-corrected chi connectivity index (χ4v) is 1.98. The first-order valence-corrected chi connectivity index (χ1v) is 6.64. The molecule has 19 heavy (non-hydrogen) atoms. The van der Waals surface area contributed by atoms with E-state index in [4.69, 9.17) is 4.74 Å². The van der Waals surface area contributed by atoms with Gasteiger partial charge in [0.2, 0.25) is 0 Å². The molecule has 0 aliphatic heterocycles. The van der Waals surface area contributed by atoms with Crippen molar-refractivity contribution in [3.05, 3.63) is 42.2 Å². The fraction of sp³-hybridized carbons (Fsp3) is 0.429. The number of benzene rings is 1. The molecule has 1 heterocycles. The number of ether oxygens (including phenoxy) is 1. The lowest BCUT2D eigenvalue weighted by molar-refractivity contribution is 0.121. The summed E-state index contributed by atoms with van der Waals surface area (Å²) in [5.74, 6) is 0. The first kappa shape index (κ1) is 13.7. The van der Waals surface area contributed by atoms with Crippen LogP contribution in [-0.4, -0.2) is 34.8 Å². The van der Waals surface area contributed by atoms with Crippen LogP contribution in [0.5, 0.6) is 0 Å². The van der Waals surface area contributed by atoms with Crippen LogP contribution in [0.25, 0.3) is 5.69 Å². The summed E-state index contributed by atoms with van der Waals surface area (Å²) in [7, 11) is 0. The summed E-state index contributed by atoms with van der Waals surface area (Å²) >= 11 is 0. The lowest BCUT2D eigenvalue weighted by Crippen LogP contribution is -2.27. The maximum atomic E-state index is 5.53. The molecule has 0 spiro atoms. The van der Waals surface area contributed by atoms with Crippen LogP contribution in [0.3, 0.4) is 0 Å². The van der Waals surface area contributed by atoms with E-state index in [-0.39, 0.29) is 6.04 Å². The predicted molar refractivity (Wildman–Crippen MR) is 74.3 cm³/mol. The van der Waals surface area contributed by atoms with Gasteiger partial charge in [-0.3, -0.25) is 0 Å². The molecular formula is C14H20N4O. The van der Waals surface area contributed by atoms with Gasteiger partial charge in [0.05, 0.1) is 30.2 Å². The van der Waals surface area contributed by atoms with Gasteiger partial charge in [0.1, 0.15) is 0 Å². The van der Waals surface area contributed by atoms with E-state index in [0.29, 0.717) is 13.2 Å². The van der Waals surface area contributed by atoms with Crippen molar-refractivity contribution < 1.29 is 4.74 Å². The Labute approximate surface area is 113 Å². The van der Waals surface area contributed by atoms with Crippen molar-refractivity contribution in [3.63, 3.8) is 0 Å². The number of hydrogen-bond acceptors (Lipinski definition) is 4. The van der Waals surface area contributed by atoms with Gasteiger partial charge < -0.3 is 10.1 Å².